The van der Waals surface area contributed by atoms with Crippen LogP contribution in [0.4, 0.5) is 0 Å². The molecule has 1 aromatic carbocycles. The number of H-pyrrole nitrogens is 1. The van der Waals surface area contributed by atoms with Crippen LogP contribution < -0.4 is 11.1 Å². The minimum atomic E-state index is -0.398. The lowest BCUT2D eigenvalue weighted by Gasteiger charge is -2.11. The Morgan fingerprint density at radius 2 is 2.25 bits per heavy atom. The van der Waals surface area contributed by atoms with Crippen molar-refractivity contribution < 1.29 is 4.79 Å². The zero-order valence-corrected chi connectivity index (χ0v) is 12.5. The van der Waals surface area contributed by atoms with Crippen molar-refractivity contribution in [1.29, 1.82) is 0 Å². The fraction of sp³-hybridized carbons (Fsp3) is 0.400. The molecule has 0 spiro atoms. The summed E-state index contributed by atoms with van der Waals surface area (Å²) >= 11 is 1.71. The average molecular weight is 291 g/mol. The highest BCUT2D eigenvalue weighted by Crippen LogP contribution is 2.17. The first-order valence-corrected chi connectivity index (χ1v) is 8.19. The zero-order valence-electron chi connectivity index (χ0n) is 11.7. The van der Waals surface area contributed by atoms with Crippen LogP contribution in [0.15, 0.2) is 30.5 Å². The molecule has 0 saturated carbocycles. The Morgan fingerprint density at radius 1 is 1.45 bits per heavy atom. The highest BCUT2D eigenvalue weighted by molar-refractivity contribution is 7.98. The van der Waals surface area contributed by atoms with Crippen molar-refractivity contribution in [2.45, 2.75) is 18.9 Å². The lowest BCUT2D eigenvalue weighted by atomic mass is 10.1. The maximum atomic E-state index is 11.8. The minimum Gasteiger partial charge on any atom is -0.361 e. The highest BCUT2D eigenvalue weighted by Gasteiger charge is 2.12. The number of hydrogen-bond donors (Lipinski definition) is 3. The van der Waals surface area contributed by atoms with Gasteiger partial charge in [-0.3, -0.25) is 4.79 Å². The molecule has 4 N–H and O–H groups in total. The van der Waals surface area contributed by atoms with E-state index in [-0.39, 0.29) is 5.91 Å². The van der Waals surface area contributed by atoms with E-state index < -0.39 is 6.04 Å². The Bertz CT molecular complexity index is 567. The molecule has 1 atom stereocenters. The van der Waals surface area contributed by atoms with Gasteiger partial charge in [-0.25, -0.2) is 0 Å². The number of thioether (sulfide) groups is 1. The highest BCUT2D eigenvalue weighted by atomic mass is 32.2. The van der Waals surface area contributed by atoms with Gasteiger partial charge in [0.1, 0.15) is 0 Å². The molecule has 0 aliphatic rings. The summed E-state index contributed by atoms with van der Waals surface area (Å²) in [5.74, 6) is 0.857. The second-order valence-corrected chi connectivity index (χ2v) is 5.77. The van der Waals surface area contributed by atoms with Gasteiger partial charge in [0.2, 0.25) is 5.91 Å². The Hall–Kier alpha value is -1.46. The van der Waals surface area contributed by atoms with Crippen molar-refractivity contribution in [1.82, 2.24) is 10.3 Å². The monoisotopic (exact) mass is 291 g/mol. The summed E-state index contributed by atoms with van der Waals surface area (Å²) in [7, 11) is 0. The lowest BCUT2D eigenvalue weighted by molar-refractivity contribution is -0.122. The molecule has 0 aliphatic heterocycles. The quantitative estimate of drug-likeness (QED) is 0.730. The predicted molar refractivity (Wildman–Crippen MR) is 86.0 cm³/mol. The predicted octanol–water partition coefficient (Wildman–Crippen LogP) is 1.91. The smallest absolute Gasteiger partial charge is 0.236 e. The summed E-state index contributed by atoms with van der Waals surface area (Å²) in [6, 6.07) is 7.78. The van der Waals surface area contributed by atoms with Crippen molar-refractivity contribution in [3.8, 4) is 0 Å². The number of benzene rings is 1. The van der Waals surface area contributed by atoms with E-state index >= 15 is 0 Å². The van der Waals surface area contributed by atoms with Crippen LogP contribution in [-0.2, 0) is 11.2 Å². The molecular weight excluding hydrogens is 270 g/mol. The normalized spacial score (nSPS) is 12.5. The number of hydrogen-bond acceptors (Lipinski definition) is 3. The van der Waals surface area contributed by atoms with Gasteiger partial charge in [0.05, 0.1) is 6.04 Å². The fourth-order valence-electron chi connectivity index (χ4n) is 2.17. The van der Waals surface area contributed by atoms with Gasteiger partial charge < -0.3 is 16.0 Å². The summed E-state index contributed by atoms with van der Waals surface area (Å²) in [6.07, 6.45) is 5.55. The van der Waals surface area contributed by atoms with Gasteiger partial charge in [-0.1, -0.05) is 18.2 Å². The van der Waals surface area contributed by atoms with E-state index in [0.717, 1.165) is 24.1 Å². The molecule has 2 rings (SSSR count). The molecule has 0 unspecified atom stereocenters. The third-order valence-corrected chi connectivity index (χ3v) is 3.98. The topological polar surface area (TPSA) is 70.9 Å². The number of nitrogens with two attached hydrogens (primary N) is 1. The van der Waals surface area contributed by atoms with E-state index in [1.54, 1.807) is 11.8 Å². The minimum absolute atomic E-state index is 0.0566. The van der Waals surface area contributed by atoms with Crippen LogP contribution >= 0.6 is 11.8 Å². The van der Waals surface area contributed by atoms with Crippen LogP contribution in [0.25, 0.3) is 10.9 Å². The van der Waals surface area contributed by atoms with Gasteiger partial charge >= 0.3 is 0 Å². The van der Waals surface area contributed by atoms with Crippen LogP contribution in [0.2, 0.25) is 0 Å². The second kappa shape index (κ2) is 7.36. The van der Waals surface area contributed by atoms with E-state index in [1.807, 2.05) is 24.6 Å². The van der Waals surface area contributed by atoms with E-state index in [4.69, 9.17) is 5.73 Å². The summed E-state index contributed by atoms with van der Waals surface area (Å²) in [6.45, 7) is 0.619. The van der Waals surface area contributed by atoms with Gasteiger partial charge in [0.15, 0.2) is 0 Å². The molecule has 4 nitrogen and oxygen atoms in total. The molecule has 20 heavy (non-hydrogen) atoms. The number of para-hydroxylation sites is 1. The molecule has 5 heteroatoms. The van der Waals surface area contributed by atoms with E-state index in [9.17, 15) is 4.79 Å². The van der Waals surface area contributed by atoms with Crippen LogP contribution in [0.1, 0.15) is 12.0 Å². The van der Waals surface area contributed by atoms with Crippen LogP contribution in [-0.4, -0.2) is 35.5 Å². The number of rotatable bonds is 7. The van der Waals surface area contributed by atoms with Crippen LogP contribution in [0.3, 0.4) is 0 Å². The molecule has 0 aliphatic carbocycles. The number of aromatic nitrogens is 1. The van der Waals surface area contributed by atoms with Gasteiger partial charge in [-0.05, 0) is 36.5 Å². The summed E-state index contributed by atoms with van der Waals surface area (Å²) in [4.78, 5) is 15.0. The van der Waals surface area contributed by atoms with Crippen molar-refractivity contribution in [2.75, 3.05) is 18.6 Å². The number of nitrogens with one attached hydrogen (secondary N) is 2. The summed E-state index contributed by atoms with van der Waals surface area (Å²) in [5, 5.41) is 4.12. The van der Waals surface area contributed by atoms with Gasteiger partial charge in [-0.15, -0.1) is 0 Å². The molecule has 0 fully saturated rings. The van der Waals surface area contributed by atoms with Gasteiger partial charge in [0, 0.05) is 23.6 Å². The number of aromatic amines is 1. The molecule has 1 aromatic heterocycles. The largest absolute Gasteiger partial charge is 0.361 e. The van der Waals surface area contributed by atoms with Gasteiger partial charge in [-0.2, -0.15) is 11.8 Å². The maximum absolute atomic E-state index is 11.8. The van der Waals surface area contributed by atoms with E-state index in [2.05, 4.69) is 22.4 Å². The lowest BCUT2D eigenvalue weighted by Crippen LogP contribution is -2.41. The summed E-state index contributed by atoms with van der Waals surface area (Å²) in [5.41, 5.74) is 8.17. The van der Waals surface area contributed by atoms with Crippen molar-refractivity contribution in [3.63, 3.8) is 0 Å². The number of carbonyl (C=O) groups excluding carboxylic acids is 1. The number of carbonyl (C=O) groups is 1. The molecule has 0 bridgehead atoms. The zero-order chi connectivity index (χ0) is 14.4. The Morgan fingerprint density at radius 3 is 3.05 bits per heavy atom. The molecular formula is C15H21N3OS. The first-order chi connectivity index (χ1) is 9.72. The number of fused-ring (bicyclic) bond motifs is 1. The maximum Gasteiger partial charge on any atom is 0.236 e. The molecule has 108 valence electrons. The molecule has 1 heterocycles. The first kappa shape index (κ1) is 14.9. The second-order valence-electron chi connectivity index (χ2n) is 4.79. The van der Waals surface area contributed by atoms with Crippen molar-refractivity contribution >= 4 is 28.6 Å². The Balaban J connectivity index is 1.82. The van der Waals surface area contributed by atoms with Crippen LogP contribution in [0, 0.1) is 0 Å². The Kier molecular flexibility index (Phi) is 5.49. The fourth-order valence-corrected chi connectivity index (χ4v) is 2.66. The summed E-state index contributed by atoms with van der Waals surface area (Å²) < 4.78 is 0. The van der Waals surface area contributed by atoms with Crippen LogP contribution in [0.5, 0.6) is 0 Å². The van der Waals surface area contributed by atoms with Crippen molar-refractivity contribution in [2.24, 2.45) is 5.73 Å². The van der Waals surface area contributed by atoms with Crippen molar-refractivity contribution in [3.05, 3.63) is 36.0 Å². The third kappa shape index (κ3) is 3.77. The Labute approximate surface area is 123 Å². The average Bonchev–Trinajstić information content (AvgIpc) is 2.88. The van der Waals surface area contributed by atoms with E-state index in [0.29, 0.717) is 6.54 Å². The SMILES string of the molecule is CSCC[C@@H](N)C(=O)NCCc1c[nH]c2ccccc12. The third-order valence-electron chi connectivity index (χ3n) is 3.34. The standard InChI is InChI=1S/C15H21N3OS/c1-20-9-7-13(16)15(19)17-8-6-11-10-18-14-5-3-2-4-12(11)14/h2-5,10,13,18H,6-9,16H2,1H3,(H,17,19)/t13-/m1/s1. The molecule has 0 saturated heterocycles. The van der Waals surface area contributed by atoms with E-state index in [1.165, 1.54) is 10.9 Å². The van der Waals surface area contributed by atoms with Gasteiger partial charge in [0.25, 0.3) is 0 Å². The number of amides is 1. The molecule has 1 amide bonds. The molecule has 2 aromatic rings. The molecule has 0 radical (unpaired) electrons. The first-order valence-electron chi connectivity index (χ1n) is 6.79.